The number of ketones is 1. The van der Waals surface area contributed by atoms with Crippen molar-refractivity contribution in [3.05, 3.63) is 71.8 Å². The minimum atomic E-state index is -1.01. The third kappa shape index (κ3) is 11.4. The second-order valence-corrected chi connectivity index (χ2v) is 12.9. The van der Waals surface area contributed by atoms with Gasteiger partial charge < -0.3 is 26.0 Å². The highest BCUT2D eigenvalue weighted by molar-refractivity contribution is 5.98. The van der Waals surface area contributed by atoms with Gasteiger partial charge in [-0.15, -0.1) is 0 Å². The molecule has 244 valence electrons. The minimum absolute atomic E-state index is 0.0385. The van der Waals surface area contributed by atoms with E-state index in [-0.39, 0.29) is 24.0 Å². The normalized spacial score (nSPS) is 18.3. The highest BCUT2D eigenvalue weighted by atomic mass is 16.6. The molecule has 1 aliphatic rings. The van der Waals surface area contributed by atoms with Crippen LogP contribution in [-0.2, 0) is 41.6 Å². The quantitative estimate of drug-likeness (QED) is 0.140. The molecule has 0 aromatic heterocycles. The maximum absolute atomic E-state index is 13.8. The predicted octanol–water partition coefficient (Wildman–Crippen LogP) is 2.88. The summed E-state index contributed by atoms with van der Waals surface area (Å²) in [7, 11) is 0. The van der Waals surface area contributed by atoms with E-state index >= 15 is 0 Å². The highest BCUT2D eigenvalue weighted by Crippen LogP contribution is 2.29. The predicted molar refractivity (Wildman–Crippen MR) is 172 cm³/mol. The van der Waals surface area contributed by atoms with Crippen molar-refractivity contribution in [2.75, 3.05) is 6.61 Å². The molecule has 1 saturated heterocycles. The molecule has 1 fully saturated rings. The summed E-state index contributed by atoms with van der Waals surface area (Å²) in [5.41, 5.74) is 0.929. The first-order chi connectivity index (χ1) is 21.4. The first kappa shape index (κ1) is 35.4. The van der Waals surface area contributed by atoms with Crippen LogP contribution in [0.2, 0.25) is 0 Å². The number of amides is 4. The van der Waals surface area contributed by atoms with Crippen molar-refractivity contribution in [1.29, 1.82) is 0 Å². The number of hydrogen-bond donors (Lipinski definition) is 4. The average Bonchev–Trinajstić information content (AvgIpc) is 3.76. The Morgan fingerprint density at radius 2 is 1.20 bits per heavy atom. The van der Waals surface area contributed by atoms with Crippen LogP contribution in [0.4, 0.5) is 0 Å². The van der Waals surface area contributed by atoms with Gasteiger partial charge in [-0.1, -0.05) is 88.4 Å². The van der Waals surface area contributed by atoms with Gasteiger partial charge in [0.25, 0.3) is 0 Å². The smallest absolute Gasteiger partial charge is 0.243 e. The molecule has 0 bridgehead atoms. The number of carbonyl (C=O) groups is 5. The fourth-order valence-corrected chi connectivity index (χ4v) is 5.23. The van der Waals surface area contributed by atoms with Gasteiger partial charge in [-0.3, -0.25) is 24.0 Å². The Bertz CT molecular complexity index is 1280. The summed E-state index contributed by atoms with van der Waals surface area (Å²) in [5, 5.41) is 11.1. The maximum atomic E-state index is 13.8. The second-order valence-electron chi connectivity index (χ2n) is 12.9. The Morgan fingerprint density at radius 1 is 0.733 bits per heavy atom. The summed E-state index contributed by atoms with van der Waals surface area (Å²) < 4.78 is 5.37. The summed E-state index contributed by atoms with van der Waals surface area (Å²) in [4.78, 5) is 65.4. The number of hydrogen-bond acceptors (Lipinski definition) is 6. The van der Waals surface area contributed by atoms with Gasteiger partial charge in [-0.2, -0.15) is 0 Å². The van der Waals surface area contributed by atoms with E-state index in [1.165, 1.54) is 0 Å². The van der Waals surface area contributed by atoms with E-state index in [0.717, 1.165) is 11.1 Å². The molecule has 45 heavy (non-hydrogen) atoms. The Balaban J connectivity index is 1.78. The number of benzene rings is 2. The first-order valence-corrected chi connectivity index (χ1v) is 15.8. The lowest BCUT2D eigenvalue weighted by atomic mass is 9.93. The molecule has 1 heterocycles. The summed E-state index contributed by atoms with van der Waals surface area (Å²) in [6.45, 7) is 9.82. The molecule has 0 spiro atoms. The van der Waals surface area contributed by atoms with Gasteiger partial charge >= 0.3 is 0 Å². The highest BCUT2D eigenvalue weighted by Gasteiger charge is 2.50. The number of epoxide rings is 1. The van der Waals surface area contributed by atoms with E-state index in [1.807, 2.05) is 88.4 Å². The first-order valence-electron chi connectivity index (χ1n) is 15.8. The largest absolute Gasteiger partial charge is 0.361 e. The molecule has 2 aromatic carbocycles. The van der Waals surface area contributed by atoms with E-state index in [1.54, 1.807) is 6.92 Å². The molecule has 0 aliphatic carbocycles. The molecule has 4 amide bonds. The zero-order valence-electron chi connectivity index (χ0n) is 27.0. The number of nitrogens with one attached hydrogen (secondary N) is 4. The van der Waals surface area contributed by atoms with Gasteiger partial charge in [0.15, 0.2) is 5.78 Å². The summed E-state index contributed by atoms with van der Waals surface area (Å²) in [5.74, 6) is -1.52. The van der Waals surface area contributed by atoms with Crippen molar-refractivity contribution in [1.82, 2.24) is 21.3 Å². The van der Waals surface area contributed by atoms with Crippen LogP contribution in [0.3, 0.4) is 0 Å². The average molecular weight is 621 g/mol. The number of Topliss-reactive ketones (excluding diaryl/α,β-unsaturated/α-hetero) is 1. The number of carbonyl (C=O) groups excluding carboxylic acids is 5. The second kappa shape index (κ2) is 16.9. The standard InChI is InChI=1S/C35H48N4O6/c1-23(2)18-28(31(41)35(5)21-45-35)37-34(44)30(20-26-14-10-7-11-15-26)39-33(43)29(19-24(3)4)38-32(42)27(36-22-40)17-16-25-12-8-6-9-13-25/h6-15,22-24,27-30H,16-21H2,1-5H3,(H,36,40)(H,37,44)(H,38,42)(H,39,43)/t27-,28?,29?,30?,35?/m0/s1. The molecule has 3 rings (SSSR count). The molecule has 4 N–H and O–H groups in total. The van der Waals surface area contributed by atoms with Crippen LogP contribution in [0.15, 0.2) is 60.7 Å². The Labute approximate surface area is 266 Å². The monoisotopic (exact) mass is 620 g/mol. The molecule has 0 radical (unpaired) electrons. The van der Waals surface area contributed by atoms with Crippen LogP contribution in [0.1, 0.15) is 65.0 Å². The lowest BCUT2D eigenvalue weighted by Crippen LogP contribution is -2.58. The Morgan fingerprint density at radius 3 is 1.73 bits per heavy atom. The minimum Gasteiger partial charge on any atom is -0.361 e. The number of aryl methyl sites for hydroxylation is 1. The maximum Gasteiger partial charge on any atom is 0.243 e. The van der Waals surface area contributed by atoms with Gasteiger partial charge in [0.1, 0.15) is 23.7 Å². The van der Waals surface area contributed by atoms with Crippen molar-refractivity contribution in [3.8, 4) is 0 Å². The van der Waals surface area contributed by atoms with Gasteiger partial charge in [0.2, 0.25) is 24.1 Å². The van der Waals surface area contributed by atoms with Crippen molar-refractivity contribution in [2.45, 2.75) is 96.5 Å². The van der Waals surface area contributed by atoms with Gasteiger partial charge in [0.05, 0.1) is 12.6 Å². The van der Waals surface area contributed by atoms with E-state index in [4.69, 9.17) is 4.74 Å². The molecule has 2 aromatic rings. The van der Waals surface area contributed by atoms with Crippen LogP contribution in [0.5, 0.6) is 0 Å². The Kier molecular flexibility index (Phi) is 13.3. The SMILES string of the molecule is CC(C)CC(NC(=O)[C@H](CCc1ccccc1)NC=O)C(=O)NC(Cc1ccccc1)C(=O)NC(CC(C)C)C(=O)C1(C)CO1. The molecule has 5 atom stereocenters. The van der Waals surface area contributed by atoms with E-state index in [9.17, 15) is 24.0 Å². The van der Waals surface area contributed by atoms with Crippen LogP contribution < -0.4 is 21.3 Å². The van der Waals surface area contributed by atoms with Gasteiger partial charge in [-0.25, -0.2) is 0 Å². The van der Waals surface area contributed by atoms with Crippen LogP contribution >= 0.6 is 0 Å². The zero-order valence-corrected chi connectivity index (χ0v) is 27.0. The van der Waals surface area contributed by atoms with E-state index in [2.05, 4.69) is 21.3 Å². The summed E-state index contributed by atoms with van der Waals surface area (Å²) >= 11 is 0. The van der Waals surface area contributed by atoms with Crippen molar-refractivity contribution in [3.63, 3.8) is 0 Å². The van der Waals surface area contributed by atoms with Crippen molar-refractivity contribution < 1.29 is 28.7 Å². The molecule has 0 saturated carbocycles. The fraction of sp³-hybridized carbons (Fsp3) is 0.514. The number of rotatable bonds is 19. The molecular weight excluding hydrogens is 572 g/mol. The third-order valence-corrected chi connectivity index (χ3v) is 7.84. The topological polar surface area (TPSA) is 146 Å². The Hall–Kier alpha value is -4.05. The van der Waals surface area contributed by atoms with Crippen molar-refractivity contribution >= 4 is 29.9 Å². The van der Waals surface area contributed by atoms with E-state index < -0.39 is 47.5 Å². The molecule has 4 unspecified atom stereocenters. The molecule has 1 aliphatic heterocycles. The van der Waals surface area contributed by atoms with Crippen molar-refractivity contribution in [2.24, 2.45) is 11.8 Å². The summed E-state index contributed by atoms with van der Waals surface area (Å²) in [6.07, 6.45) is 2.31. The number of ether oxygens (including phenoxy) is 1. The van der Waals surface area contributed by atoms with Crippen LogP contribution in [0.25, 0.3) is 0 Å². The van der Waals surface area contributed by atoms with Crippen LogP contribution in [-0.4, -0.2) is 66.3 Å². The fourth-order valence-electron chi connectivity index (χ4n) is 5.23. The zero-order chi connectivity index (χ0) is 33.0. The lowest BCUT2D eigenvalue weighted by molar-refractivity contribution is -0.135. The summed E-state index contributed by atoms with van der Waals surface area (Å²) in [6, 6.07) is 15.3. The van der Waals surface area contributed by atoms with Gasteiger partial charge in [0, 0.05) is 6.42 Å². The van der Waals surface area contributed by atoms with Crippen LogP contribution in [0, 0.1) is 11.8 Å². The molecular formula is C35H48N4O6. The lowest BCUT2D eigenvalue weighted by Gasteiger charge is -2.28. The molecule has 10 heteroatoms. The van der Waals surface area contributed by atoms with E-state index in [0.29, 0.717) is 38.7 Å². The third-order valence-electron chi connectivity index (χ3n) is 7.84. The molecule has 10 nitrogen and oxygen atoms in total. The van der Waals surface area contributed by atoms with Gasteiger partial charge in [-0.05, 0) is 55.6 Å².